The molecule has 0 bridgehead atoms. The number of halogens is 3. The lowest BCUT2D eigenvalue weighted by Gasteiger charge is -2.02. The van der Waals surface area contributed by atoms with Crippen LogP contribution in [0.3, 0.4) is 0 Å². The van der Waals surface area contributed by atoms with Crippen LogP contribution in [0.1, 0.15) is 22.5 Å². The van der Waals surface area contributed by atoms with Crippen molar-refractivity contribution < 1.29 is 18.5 Å². The summed E-state index contributed by atoms with van der Waals surface area (Å²) < 4.78 is 26.3. The average Bonchev–Trinajstić information content (AvgIpc) is 2.76. The molecular weight excluding hydrogens is 296 g/mol. The third-order valence-corrected chi connectivity index (χ3v) is 2.89. The van der Waals surface area contributed by atoms with Gasteiger partial charge >= 0.3 is 0 Å². The van der Waals surface area contributed by atoms with Crippen molar-refractivity contribution in [2.75, 3.05) is 0 Å². The largest absolute Gasteiger partial charge is 0.298 e. The first-order valence-corrected chi connectivity index (χ1v) is 5.60. The predicted octanol–water partition coefficient (Wildman–Crippen LogP) is 3.18. The van der Waals surface area contributed by atoms with Crippen LogP contribution in [-0.2, 0) is 0 Å². The Morgan fingerprint density at radius 2 is 1.95 bits per heavy atom. The monoisotopic (exact) mass is 301 g/mol. The number of nitro benzene ring substituents is 1. The minimum absolute atomic E-state index is 0.165. The van der Waals surface area contributed by atoms with Crippen LogP contribution in [0.2, 0.25) is 5.15 Å². The van der Waals surface area contributed by atoms with Crippen LogP contribution in [0.5, 0.6) is 0 Å². The molecule has 9 heteroatoms. The van der Waals surface area contributed by atoms with Gasteiger partial charge in [-0.3, -0.25) is 14.9 Å². The third-order valence-electron chi connectivity index (χ3n) is 2.52. The summed E-state index contributed by atoms with van der Waals surface area (Å²) in [7, 11) is 0. The maximum absolute atomic E-state index is 12.7. The van der Waals surface area contributed by atoms with E-state index >= 15 is 0 Å². The van der Waals surface area contributed by atoms with E-state index in [1.54, 1.807) is 0 Å². The van der Waals surface area contributed by atoms with Crippen LogP contribution >= 0.6 is 11.6 Å². The number of hydrogen-bond donors (Lipinski definition) is 0. The number of nitrogens with zero attached hydrogens (tertiary/aromatic N) is 3. The summed E-state index contributed by atoms with van der Waals surface area (Å²) in [5, 5.41) is 13.8. The summed E-state index contributed by atoms with van der Waals surface area (Å²) in [6.07, 6.45) is -2.76. The van der Waals surface area contributed by atoms with Crippen molar-refractivity contribution in [2.24, 2.45) is 0 Å². The molecule has 0 N–H and O–H groups in total. The van der Waals surface area contributed by atoms with E-state index in [9.17, 15) is 23.7 Å². The summed E-state index contributed by atoms with van der Waals surface area (Å²) >= 11 is 5.81. The van der Waals surface area contributed by atoms with Gasteiger partial charge in [-0.1, -0.05) is 11.6 Å². The lowest BCUT2D eigenvalue weighted by molar-refractivity contribution is -0.384. The molecule has 0 aliphatic rings. The lowest BCUT2D eigenvalue weighted by Crippen LogP contribution is -1.98. The van der Waals surface area contributed by atoms with Gasteiger partial charge in [0.1, 0.15) is 10.8 Å². The van der Waals surface area contributed by atoms with Gasteiger partial charge in [0.15, 0.2) is 6.29 Å². The molecule has 2 rings (SSSR count). The topological polar surface area (TPSA) is 78.0 Å². The second kappa shape index (κ2) is 5.33. The number of aromatic nitrogens is 2. The number of carbonyl (C=O) groups is 1. The fourth-order valence-electron chi connectivity index (χ4n) is 1.58. The second-order valence-electron chi connectivity index (χ2n) is 3.69. The van der Waals surface area contributed by atoms with Crippen LogP contribution < -0.4 is 0 Å². The Labute approximate surface area is 115 Å². The molecule has 0 aliphatic heterocycles. The van der Waals surface area contributed by atoms with Crippen molar-refractivity contribution in [3.63, 3.8) is 0 Å². The first-order valence-electron chi connectivity index (χ1n) is 5.22. The maximum atomic E-state index is 12.7. The van der Waals surface area contributed by atoms with Gasteiger partial charge in [0.25, 0.3) is 12.1 Å². The second-order valence-corrected chi connectivity index (χ2v) is 4.05. The van der Waals surface area contributed by atoms with Crippen molar-refractivity contribution in [2.45, 2.75) is 6.43 Å². The highest BCUT2D eigenvalue weighted by atomic mass is 35.5. The highest BCUT2D eigenvalue weighted by Crippen LogP contribution is 2.29. The Bertz CT molecular complexity index is 670. The Balaban J connectivity index is 2.52. The van der Waals surface area contributed by atoms with E-state index in [4.69, 9.17) is 11.6 Å². The van der Waals surface area contributed by atoms with E-state index in [1.165, 1.54) is 24.3 Å². The number of rotatable bonds is 4. The Hall–Kier alpha value is -2.35. The molecule has 6 nitrogen and oxygen atoms in total. The molecule has 1 heterocycles. The standard InChI is InChI=1S/C11H6ClF2N3O3/c12-10-8(5-18)9(11(13)14)15-16(10)6-1-3-7(4-2-6)17(19)20/h1-5,11H. The number of alkyl halides is 2. The zero-order valence-corrected chi connectivity index (χ0v) is 10.4. The van der Waals surface area contributed by atoms with Crippen LogP contribution in [0.15, 0.2) is 24.3 Å². The van der Waals surface area contributed by atoms with E-state index in [0.717, 1.165) is 4.68 Å². The van der Waals surface area contributed by atoms with Crippen LogP contribution in [-0.4, -0.2) is 21.0 Å². The van der Waals surface area contributed by atoms with E-state index in [1.807, 2.05) is 0 Å². The number of benzene rings is 1. The Morgan fingerprint density at radius 3 is 2.35 bits per heavy atom. The van der Waals surface area contributed by atoms with E-state index < -0.39 is 22.6 Å². The zero-order valence-electron chi connectivity index (χ0n) is 9.66. The highest BCUT2D eigenvalue weighted by Gasteiger charge is 2.23. The third kappa shape index (κ3) is 2.37. The van der Waals surface area contributed by atoms with Gasteiger partial charge in [-0.2, -0.15) is 5.10 Å². The normalized spacial score (nSPS) is 10.8. The smallest absolute Gasteiger partial charge is 0.282 e. The summed E-state index contributed by atoms with van der Waals surface area (Å²) in [6.45, 7) is 0. The number of aldehydes is 1. The van der Waals surface area contributed by atoms with E-state index in [2.05, 4.69) is 5.10 Å². The van der Waals surface area contributed by atoms with Gasteiger partial charge < -0.3 is 0 Å². The van der Waals surface area contributed by atoms with E-state index in [-0.39, 0.29) is 22.8 Å². The van der Waals surface area contributed by atoms with Gasteiger partial charge in [-0.05, 0) is 12.1 Å². The molecule has 2 aromatic rings. The first-order chi connectivity index (χ1) is 9.45. The Kier molecular flexibility index (Phi) is 3.75. The molecule has 20 heavy (non-hydrogen) atoms. The SMILES string of the molecule is O=Cc1c(C(F)F)nn(-c2ccc([N+](=O)[O-])cc2)c1Cl. The molecule has 0 radical (unpaired) electrons. The minimum Gasteiger partial charge on any atom is -0.298 e. The summed E-state index contributed by atoms with van der Waals surface area (Å²) in [5.41, 5.74) is -1.07. The highest BCUT2D eigenvalue weighted by molar-refractivity contribution is 6.32. The van der Waals surface area contributed by atoms with Crippen molar-refractivity contribution in [1.29, 1.82) is 0 Å². The quantitative estimate of drug-likeness (QED) is 0.493. The van der Waals surface area contributed by atoms with Crippen molar-refractivity contribution in [3.05, 3.63) is 50.8 Å². The molecule has 1 aromatic heterocycles. The summed E-state index contributed by atoms with van der Waals surface area (Å²) in [6, 6.07) is 4.94. The predicted molar refractivity (Wildman–Crippen MR) is 65.6 cm³/mol. The van der Waals surface area contributed by atoms with Gasteiger partial charge in [0.05, 0.1) is 16.2 Å². The molecule has 0 unspecified atom stereocenters. The van der Waals surface area contributed by atoms with Crippen LogP contribution in [0.25, 0.3) is 5.69 Å². The first kappa shape index (κ1) is 14.1. The van der Waals surface area contributed by atoms with Crippen molar-refractivity contribution >= 4 is 23.6 Å². The van der Waals surface area contributed by atoms with Crippen LogP contribution in [0, 0.1) is 10.1 Å². The molecule has 104 valence electrons. The van der Waals surface area contributed by atoms with Gasteiger partial charge in [-0.15, -0.1) is 0 Å². The molecule has 0 spiro atoms. The van der Waals surface area contributed by atoms with Gasteiger partial charge in [0.2, 0.25) is 0 Å². The number of nitro groups is 1. The lowest BCUT2D eigenvalue weighted by atomic mass is 10.2. The molecule has 0 fully saturated rings. The van der Waals surface area contributed by atoms with Crippen LogP contribution in [0.4, 0.5) is 14.5 Å². The van der Waals surface area contributed by atoms with Crippen molar-refractivity contribution in [3.8, 4) is 5.69 Å². The molecule has 0 saturated carbocycles. The summed E-state index contributed by atoms with van der Waals surface area (Å²) in [5.74, 6) is 0. The number of non-ortho nitro benzene ring substituents is 1. The Morgan fingerprint density at radius 1 is 1.35 bits per heavy atom. The fraction of sp³-hybridized carbons (Fsp3) is 0.0909. The minimum atomic E-state index is -2.95. The maximum Gasteiger partial charge on any atom is 0.282 e. The van der Waals surface area contributed by atoms with Gasteiger partial charge in [-0.25, -0.2) is 13.5 Å². The molecular formula is C11H6ClF2N3O3. The van der Waals surface area contributed by atoms with E-state index in [0.29, 0.717) is 0 Å². The molecule has 1 aromatic carbocycles. The molecule has 0 atom stereocenters. The average molecular weight is 302 g/mol. The molecule has 0 amide bonds. The fourth-order valence-corrected chi connectivity index (χ4v) is 1.86. The van der Waals surface area contributed by atoms with Crippen molar-refractivity contribution in [1.82, 2.24) is 9.78 Å². The summed E-state index contributed by atoms with van der Waals surface area (Å²) in [4.78, 5) is 20.7. The number of hydrogen-bond acceptors (Lipinski definition) is 4. The molecule has 0 aliphatic carbocycles. The molecule has 0 saturated heterocycles. The number of carbonyl (C=O) groups excluding carboxylic acids is 1. The zero-order chi connectivity index (χ0) is 14.9. The van der Waals surface area contributed by atoms with Gasteiger partial charge in [0, 0.05) is 12.1 Å².